The van der Waals surface area contributed by atoms with Gasteiger partial charge in [0.05, 0.1) is 11.6 Å². The third kappa shape index (κ3) is 4.55. The summed E-state index contributed by atoms with van der Waals surface area (Å²) in [6.07, 6.45) is -3.76. The molecule has 0 saturated carbocycles. The van der Waals surface area contributed by atoms with Crippen molar-refractivity contribution >= 4 is 16.6 Å². The van der Waals surface area contributed by atoms with E-state index in [0.29, 0.717) is 18.5 Å². The van der Waals surface area contributed by atoms with E-state index in [9.17, 15) is 18.0 Å². The average molecular weight is 371 g/mol. The third-order valence-corrected chi connectivity index (χ3v) is 4.58. The number of carbonyl (C=O) groups excluding carboxylic acids is 1. The van der Waals surface area contributed by atoms with E-state index in [4.69, 9.17) is 0 Å². The van der Waals surface area contributed by atoms with Gasteiger partial charge >= 0.3 is 6.18 Å². The van der Waals surface area contributed by atoms with E-state index in [-0.39, 0.29) is 5.78 Å². The molecular weight excluding hydrogens is 351 g/mol. The third-order valence-electron chi connectivity index (χ3n) is 4.58. The molecule has 2 nitrogen and oxygen atoms in total. The summed E-state index contributed by atoms with van der Waals surface area (Å²) >= 11 is 0. The van der Waals surface area contributed by atoms with E-state index in [1.54, 1.807) is 6.07 Å². The van der Waals surface area contributed by atoms with Crippen LogP contribution >= 0.6 is 0 Å². The molecular formula is C22H20F3NO. The van der Waals surface area contributed by atoms with Crippen molar-refractivity contribution in [1.82, 2.24) is 5.32 Å². The summed E-state index contributed by atoms with van der Waals surface area (Å²) < 4.78 is 38.8. The van der Waals surface area contributed by atoms with Crippen LogP contribution < -0.4 is 5.32 Å². The number of hydrogen-bond acceptors (Lipinski definition) is 2. The summed E-state index contributed by atoms with van der Waals surface area (Å²) in [5.41, 5.74) is 0.712. The van der Waals surface area contributed by atoms with E-state index in [1.807, 2.05) is 42.5 Å². The molecule has 140 valence electrons. The molecule has 0 spiro atoms. The van der Waals surface area contributed by atoms with Crippen LogP contribution in [-0.4, -0.2) is 12.3 Å². The first kappa shape index (κ1) is 19.1. The normalized spacial score (nSPS) is 12.9. The number of carbonyl (C=O) groups is 1. The Morgan fingerprint density at radius 3 is 2.44 bits per heavy atom. The molecule has 0 amide bonds. The molecule has 0 aliphatic rings. The molecule has 0 radical (unpaired) electrons. The minimum Gasteiger partial charge on any atom is -0.303 e. The van der Waals surface area contributed by atoms with Crippen molar-refractivity contribution in [3.63, 3.8) is 0 Å². The number of alkyl halides is 3. The monoisotopic (exact) mass is 371 g/mol. The molecule has 27 heavy (non-hydrogen) atoms. The fourth-order valence-corrected chi connectivity index (χ4v) is 3.25. The van der Waals surface area contributed by atoms with E-state index in [2.05, 4.69) is 5.32 Å². The fraction of sp³-hybridized carbons (Fsp3) is 0.227. The number of hydrogen-bond donors (Lipinski definition) is 1. The molecule has 3 aromatic rings. The number of ketones is 1. The second-order valence-electron chi connectivity index (χ2n) is 6.51. The molecule has 0 saturated heterocycles. The quantitative estimate of drug-likeness (QED) is 0.635. The fourth-order valence-electron chi connectivity index (χ4n) is 3.25. The number of benzene rings is 3. The van der Waals surface area contributed by atoms with Crippen LogP contribution in [0.3, 0.4) is 0 Å². The molecule has 3 aromatic carbocycles. The highest BCUT2D eigenvalue weighted by atomic mass is 19.4. The Bertz CT molecular complexity index is 944. The van der Waals surface area contributed by atoms with Gasteiger partial charge in [0, 0.05) is 6.54 Å². The molecule has 1 atom stereocenters. The van der Waals surface area contributed by atoms with Crippen LogP contribution in [0.4, 0.5) is 13.2 Å². The molecule has 0 aromatic heterocycles. The van der Waals surface area contributed by atoms with Gasteiger partial charge in [-0.25, -0.2) is 0 Å². The Hall–Kier alpha value is -2.66. The second-order valence-corrected chi connectivity index (χ2v) is 6.51. The van der Waals surface area contributed by atoms with Gasteiger partial charge in [-0.3, -0.25) is 4.79 Å². The predicted molar refractivity (Wildman–Crippen MR) is 101 cm³/mol. The molecule has 0 fully saturated rings. The highest BCUT2D eigenvalue weighted by Crippen LogP contribution is 2.31. The zero-order chi connectivity index (χ0) is 19.4. The Labute approximate surface area is 156 Å². The van der Waals surface area contributed by atoms with Crippen LogP contribution in [0.1, 0.15) is 29.7 Å². The Morgan fingerprint density at radius 2 is 1.70 bits per heavy atom. The van der Waals surface area contributed by atoms with Gasteiger partial charge in [0.25, 0.3) is 0 Å². The first-order valence-corrected chi connectivity index (χ1v) is 8.74. The first-order chi connectivity index (χ1) is 12.9. The minimum atomic E-state index is -4.43. The van der Waals surface area contributed by atoms with E-state index in [0.717, 1.165) is 28.5 Å². The molecule has 3 rings (SSSR count). The largest absolute Gasteiger partial charge is 0.416 e. The van der Waals surface area contributed by atoms with Crippen LogP contribution in [0.5, 0.6) is 0 Å². The summed E-state index contributed by atoms with van der Waals surface area (Å²) in [5, 5.41) is 5.38. The van der Waals surface area contributed by atoms with Crippen molar-refractivity contribution in [1.29, 1.82) is 0 Å². The highest BCUT2D eigenvalue weighted by Gasteiger charge is 2.31. The summed E-state index contributed by atoms with van der Waals surface area (Å²) in [7, 11) is 0. The second kappa shape index (κ2) is 7.92. The SMILES string of the molecule is CC(=O)[C@H](NCCc1cccc2ccccc12)c1cccc(C(F)(F)F)c1. The molecule has 0 bridgehead atoms. The maximum absolute atomic E-state index is 12.9. The van der Waals surface area contributed by atoms with Gasteiger partial charge in [0.2, 0.25) is 0 Å². The van der Waals surface area contributed by atoms with Gasteiger partial charge in [-0.15, -0.1) is 0 Å². The summed E-state index contributed by atoms with van der Waals surface area (Å²) in [6.45, 7) is 1.87. The first-order valence-electron chi connectivity index (χ1n) is 8.74. The van der Waals surface area contributed by atoms with Gasteiger partial charge in [-0.2, -0.15) is 13.2 Å². The number of Topliss-reactive ketones (excluding diaryl/α,β-unsaturated/α-hetero) is 1. The average Bonchev–Trinajstić information content (AvgIpc) is 2.64. The standard InChI is InChI=1S/C22H20F3NO/c1-15(27)21(18-9-5-10-19(14-18)22(23,24)25)26-13-12-17-8-4-7-16-6-2-3-11-20(16)17/h2-11,14,21,26H,12-13H2,1H3/t21-/m0/s1. The topological polar surface area (TPSA) is 29.1 Å². The molecule has 0 aliphatic carbocycles. The van der Waals surface area contributed by atoms with Gasteiger partial charge in [-0.1, -0.05) is 54.6 Å². The van der Waals surface area contributed by atoms with E-state index in [1.165, 1.54) is 13.0 Å². The zero-order valence-corrected chi connectivity index (χ0v) is 14.9. The summed E-state index contributed by atoms with van der Waals surface area (Å²) in [6, 6.07) is 18.2. The van der Waals surface area contributed by atoms with Crippen molar-refractivity contribution in [2.45, 2.75) is 25.6 Å². The lowest BCUT2D eigenvalue weighted by Crippen LogP contribution is -2.29. The summed E-state index contributed by atoms with van der Waals surface area (Å²) in [4.78, 5) is 12.0. The van der Waals surface area contributed by atoms with Gasteiger partial charge < -0.3 is 5.32 Å². The summed E-state index contributed by atoms with van der Waals surface area (Å²) in [5.74, 6) is -0.216. The molecule has 1 N–H and O–H groups in total. The minimum absolute atomic E-state index is 0.216. The van der Waals surface area contributed by atoms with Gasteiger partial charge in [0.1, 0.15) is 0 Å². The van der Waals surface area contributed by atoms with Crippen molar-refractivity contribution in [3.8, 4) is 0 Å². The maximum atomic E-state index is 12.9. The van der Waals surface area contributed by atoms with Crippen molar-refractivity contribution in [2.24, 2.45) is 0 Å². The lowest BCUT2D eigenvalue weighted by Gasteiger charge is -2.18. The Balaban J connectivity index is 1.75. The van der Waals surface area contributed by atoms with Crippen LogP contribution in [-0.2, 0) is 17.4 Å². The van der Waals surface area contributed by atoms with E-state index >= 15 is 0 Å². The predicted octanol–water partition coefficient (Wildman–Crippen LogP) is 5.32. The van der Waals surface area contributed by atoms with Crippen LogP contribution in [0.15, 0.2) is 66.7 Å². The Morgan fingerprint density at radius 1 is 1.00 bits per heavy atom. The highest BCUT2D eigenvalue weighted by molar-refractivity contribution is 5.85. The molecule has 0 heterocycles. The number of fused-ring (bicyclic) bond motifs is 1. The van der Waals surface area contributed by atoms with E-state index < -0.39 is 17.8 Å². The molecule has 0 unspecified atom stereocenters. The lowest BCUT2D eigenvalue weighted by molar-refractivity contribution is -0.137. The van der Waals surface area contributed by atoms with Gasteiger partial charge in [0.15, 0.2) is 5.78 Å². The smallest absolute Gasteiger partial charge is 0.303 e. The Kier molecular flexibility index (Phi) is 5.61. The van der Waals surface area contributed by atoms with Crippen molar-refractivity contribution < 1.29 is 18.0 Å². The molecule has 0 aliphatic heterocycles. The van der Waals surface area contributed by atoms with Crippen LogP contribution in [0.2, 0.25) is 0 Å². The van der Waals surface area contributed by atoms with Crippen LogP contribution in [0, 0.1) is 0 Å². The lowest BCUT2D eigenvalue weighted by atomic mass is 9.99. The number of rotatable bonds is 6. The zero-order valence-electron chi connectivity index (χ0n) is 14.9. The van der Waals surface area contributed by atoms with Crippen molar-refractivity contribution in [2.75, 3.05) is 6.54 Å². The van der Waals surface area contributed by atoms with Crippen molar-refractivity contribution in [3.05, 3.63) is 83.4 Å². The molecule has 5 heteroatoms. The maximum Gasteiger partial charge on any atom is 0.416 e. The number of nitrogens with one attached hydrogen (secondary N) is 1. The van der Waals surface area contributed by atoms with Gasteiger partial charge in [-0.05, 0) is 47.4 Å². The van der Waals surface area contributed by atoms with Crippen LogP contribution in [0.25, 0.3) is 10.8 Å². The number of halogens is 3.